The Morgan fingerprint density at radius 1 is 1.04 bits per heavy atom. The Kier molecular flexibility index (Phi) is 5.48. The molecule has 0 aromatic carbocycles. The number of nitrogens with zero attached hydrogens (tertiary/aromatic N) is 5. The molecule has 3 aliphatic rings. The van der Waals surface area contributed by atoms with Gasteiger partial charge in [-0.25, -0.2) is 4.98 Å². The van der Waals surface area contributed by atoms with Crippen molar-refractivity contribution in [2.45, 2.75) is 38.5 Å². The largest absolute Gasteiger partial charge is 0.378 e. The van der Waals surface area contributed by atoms with Gasteiger partial charge in [-0.3, -0.25) is 4.79 Å². The van der Waals surface area contributed by atoms with Gasteiger partial charge in [0.05, 0.1) is 18.9 Å². The number of carbonyl (C=O) groups excluding carboxylic acids is 1. The fraction of sp³-hybridized carbons (Fsp3) is 0.750. The number of anilines is 2. The Hall–Kier alpha value is -1.89. The van der Waals surface area contributed by atoms with E-state index in [9.17, 15) is 4.79 Å². The molecule has 1 saturated heterocycles. The molecule has 2 fully saturated rings. The molecule has 1 amide bonds. The lowest BCUT2D eigenvalue weighted by molar-refractivity contribution is -0.135. The van der Waals surface area contributed by atoms with E-state index < -0.39 is 0 Å². The van der Waals surface area contributed by atoms with Crippen molar-refractivity contribution in [2.75, 3.05) is 63.3 Å². The van der Waals surface area contributed by atoms with Crippen LogP contribution in [0.25, 0.3) is 0 Å². The normalized spacial score (nSPS) is 21.1. The second kappa shape index (κ2) is 8.00. The minimum absolute atomic E-state index is 0.245. The monoisotopic (exact) mass is 373 g/mol. The Morgan fingerprint density at radius 3 is 2.44 bits per heavy atom. The third kappa shape index (κ3) is 3.88. The minimum Gasteiger partial charge on any atom is -0.378 e. The van der Waals surface area contributed by atoms with Gasteiger partial charge in [-0.1, -0.05) is 12.8 Å². The molecule has 1 aliphatic carbocycles. The number of fused-ring (bicyclic) bond motifs is 1. The lowest BCUT2D eigenvalue weighted by Crippen LogP contribution is -2.38. The topological polar surface area (TPSA) is 61.8 Å². The first-order valence-corrected chi connectivity index (χ1v) is 10.3. The number of ether oxygens (including phenoxy) is 1. The number of hydrogen-bond donors (Lipinski definition) is 0. The molecule has 0 bridgehead atoms. The van der Waals surface area contributed by atoms with Crippen LogP contribution in [0.4, 0.5) is 11.8 Å². The summed E-state index contributed by atoms with van der Waals surface area (Å²) in [6.07, 6.45) is 6.17. The molecule has 7 heteroatoms. The van der Waals surface area contributed by atoms with Gasteiger partial charge in [0.1, 0.15) is 5.82 Å². The standard InChI is InChI=1S/C20H31N5O2/c1-23(2)18-16-7-9-24(19(26)15-5-3-4-6-15)10-8-17(16)21-20(22-18)25-11-13-27-14-12-25/h15H,3-14H2,1-2H3. The Bertz CT molecular complexity index is 681. The average molecular weight is 374 g/mol. The fourth-order valence-corrected chi connectivity index (χ4v) is 4.49. The number of rotatable bonds is 3. The number of morpholine rings is 1. The summed E-state index contributed by atoms with van der Waals surface area (Å²) >= 11 is 0. The van der Waals surface area contributed by atoms with E-state index >= 15 is 0 Å². The van der Waals surface area contributed by atoms with Crippen LogP contribution >= 0.6 is 0 Å². The zero-order chi connectivity index (χ0) is 18.8. The average Bonchev–Trinajstić information content (AvgIpc) is 3.14. The van der Waals surface area contributed by atoms with Crippen LogP contribution in [0, 0.1) is 5.92 Å². The summed E-state index contributed by atoms with van der Waals surface area (Å²) in [5.41, 5.74) is 2.32. The van der Waals surface area contributed by atoms with Crippen molar-refractivity contribution in [1.29, 1.82) is 0 Å². The van der Waals surface area contributed by atoms with E-state index in [2.05, 4.69) is 14.7 Å². The zero-order valence-corrected chi connectivity index (χ0v) is 16.6. The van der Waals surface area contributed by atoms with Gasteiger partial charge in [-0.2, -0.15) is 4.98 Å². The van der Waals surface area contributed by atoms with Gasteiger partial charge in [0.15, 0.2) is 0 Å². The van der Waals surface area contributed by atoms with Gasteiger partial charge in [0.2, 0.25) is 11.9 Å². The number of carbonyl (C=O) groups is 1. The summed E-state index contributed by atoms with van der Waals surface area (Å²) in [7, 11) is 4.08. The minimum atomic E-state index is 0.245. The summed E-state index contributed by atoms with van der Waals surface area (Å²) in [5, 5.41) is 0. The van der Waals surface area contributed by atoms with Gasteiger partial charge < -0.3 is 19.4 Å². The van der Waals surface area contributed by atoms with Crippen molar-refractivity contribution < 1.29 is 9.53 Å². The third-order valence-corrected chi connectivity index (χ3v) is 6.04. The highest BCUT2D eigenvalue weighted by Gasteiger charge is 2.30. The van der Waals surface area contributed by atoms with Crippen LogP contribution in [0.5, 0.6) is 0 Å². The summed E-state index contributed by atoms with van der Waals surface area (Å²) in [6, 6.07) is 0. The molecular weight excluding hydrogens is 342 g/mol. The number of hydrogen-bond acceptors (Lipinski definition) is 6. The predicted octanol–water partition coefficient (Wildman–Crippen LogP) is 1.50. The number of amides is 1. The highest BCUT2D eigenvalue weighted by Crippen LogP contribution is 2.30. The molecule has 148 valence electrons. The molecule has 2 aliphatic heterocycles. The smallest absolute Gasteiger partial charge is 0.227 e. The van der Waals surface area contributed by atoms with Crippen molar-refractivity contribution in [3.8, 4) is 0 Å². The molecule has 0 spiro atoms. The maximum atomic E-state index is 12.9. The fourth-order valence-electron chi connectivity index (χ4n) is 4.49. The van der Waals surface area contributed by atoms with Crippen molar-refractivity contribution in [3.05, 3.63) is 11.3 Å². The maximum Gasteiger partial charge on any atom is 0.227 e. The van der Waals surface area contributed by atoms with E-state index in [1.165, 1.54) is 18.4 Å². The summed E-state index contributed by atoms with van der Waals surface area (Å²) in [6.45, 7) is 4.66. The van der Waals surface area contributed by atoms with Crippen LogP contribution in [-0.4, -0.2) is 74.3 Å². The van der Waals surface area contributed by atoms with E-state index in [1.807, 2.05) is 14.1 Å². The maximum absolute atomic E-state index is 12.9. The molecule has 0 atom stereocenters. The van der Waals surface area contributed by atoms with Crippen molar-refractivity contribution in [1.82, 2.24) is 14.9 Å². The first kappa shape index (κ1) is 18.5. The first-order valence-electron chi connectivity index (χ1n) is 10.3. The highest BCUT2D eigenvalue weighted by atomic mass is 16.5. The van der Waals surface area contributed by atoms with Crippen LogP contribution in [0.2, 0.25) is 0 Å². The quantitative estimate of drug-likeness (QED) is 0.800. The summed E-state index contributed by atoms with van der Waals surface area (Å²) < 4.78 is 5.47. The molecule has 3 heterocycles. The van der Waals surface area contributed by atoms with E-state index in [0.717, 1.165) is 82.5 Å². The van der Waals surface area contributed by atoms with Gasteiger partial charge in [0.25, 0.3) is 0 Å². The number of aromatic nitrogens is 2. The lowest BCUT2D eigenvalue weighted by atomic mass is 10.1. The Morgan fingerprint density at radius 2 is 1.74 bits per heavy atom. The molecule has 1 saturated carbocycles. The predicted molar refractivity (Wildman–Crippen MR) is 105 cm³/mol. The molecule has 1 aromatic rings. The molecular formula is C20H31N5O2. The van der Waals surface area contributed by atoms with Crippen molar-refractivity contribution >= 4 is 17.7 Å². The van der Waals surface area contributed by atoms with E-state index in [1.54, 1.807) is 0 Å². The van der Waals surface area contributed by atoms with Crippen molar-refractivity contribution in [2.24, 2.45) is 5.92 Å². The van der Waals surface area contributed by atoms with Gasteiger partial charge in [-0.15, -0.1) is 0 Å². The van der Waals surface area contributed by atoms with Gasteiger partial charge >= 0.3 is 0 Å². The first-order chi connectivity index (χ1) is 13.1. The molecule has 4 rings (SSSR count). The van der Waals surface area contributed by atoms with E-state index in [0.29, 0.717) is 5.91 Å². The molecule has 7 nitrogen and oxygen atoms in total. The van der Waals surface area contributed by atoms with Gasteiger partial charge in [0, 0.05) is 58.2 Å². The second-order valence-electron chi connectivity index (χ2n) is 8.07. The summed E-state index contributed by atoms with van der Waals surface area (Å²) in [5.74, 6) is 2.40. The van der Waals surface area contributed by atoms with E-state index in [-0.39, 0.29) is 5.92 Å². The Balaban J connectivity index is 1.57. The molecule has 0 N–H and O–H groups in total. The highest BCUT2D eigenvalue weighted by molar-refractivity contribution is 5.79. The molecule has 27 heavy (non-hydrogen) atoms. The second-order valence-corrected chi connectivity index (χ2v) is 8.07. The third-order valence-electron chi connectivity index (χ3n) is 6.04. The molecule has 0 unspecified atom stereocenters. The SMILES string of the molecule is CN(C)c1nc(N2CCOCC2)nc2c1CCN(C(=O)C1CCCC1)CC2. The van der Waals surface area contributed by atoms with Crippen LogP contribution in [0.3, 0.4) is 0 Å². The van der Waals surface area contributed by atoms with Crippen LogP contribution in [-0.2, 0) is 22.4 Å². The van der Waals surface area contributed by atoms with E-state index in [4.69, 9.17) is 14.7 Å². The van der Waals surface area contributed by atoms with Crippen LogP contribution < -0.4 is 9.80 Å². The molecule has 0 radical (unpaired) electrons. The lowest BCUT2D eigenvalue weighted by Gasteiger charge is -2.28. The van der Waals surface area contributed by atoms with Gasteiger partial charge in [-0.05, 0) is 19.3 Å². The Labute approximate surface area is 161 Å². The van der Waals surface area contributed by atoms with Crippen molar-refractivity contribution in [3.63, 3.8) is 0 Å². The zero-order valence-electron chi connectivity index (χ0n) is 16.6. The summed E-state index contributed by atoms with van der Waals surface area (Å²) in [4.78, 5) is 29.1. The van der Waals surface area contributed by atoms with Crippen LogP contribution in [0.15, 0.2) is 0 Å². The van der Waals surface area contributed by atoms with Crippen LogP contribution in [0.1, 0.15) is 36.9 Å². The molecule has 1 aromatic heterocycles.